The van der Waals surface area contributed by atoms with Crippen LogP contribution in [0.5, 0.6) is 0 Å². The van der Waals surface area contributed by atoms with Gasteiger partial charge < -0.3 is 5.11 Å². The van der Waals surface area contributed by atoms with E-state index in [9.17, 15) is 5.11 Å². The smallest absolute Gasteiger partial charge is 0.0596 e. The van der Waals surface area contributed by atoms with Crippen molar-refractivity contribution in [2.45, 2.75) is 84.7 Å². The second kappa shape index (κ2) is 4.73. The molecule has 4 rings (SSSR count). The van der Waals surface area contributed by atoms with Crippen molar-refractivity contribution in [2.75, 3.05) is 0 Å². The predicted molar refractivity (Wildman–Crippen MR) is 86.9 cm³/mol. The van der Waals surface area contributed by atoms with Crippen LogP contribution in [0.4, 0.5) is 0 Å². The summed E-state index contributed by atoms with van der Waals surface area (Å²) in [4.78, 5) is 0. The monoisotopic (exact) mass is 290 g/mol. The first-order valence-corrected chi connectivity index (χ1v) is 9.63. The molecule has 1 nitrogen and oxygen atoms in total. The molecule has 8 atom stereocenters. The second-order valence-corrected chi connectivity index (χ2v) is 9.67. The molecule has 0 spiro atoms. The number of aliphatic hydroxyl groups is 1. The van der Waals surface area contributed by atoms with E-state index in [1.54, 1.807) is 0 Å². The van der Waals surface area contributed by atoms with Crippen LogP contribution in [0.3, 0.4) is 0 Å². The first kappa shape index (κ1) is 14.5. The quantitative estimate of drug-likeness (QED) is 0.663. The lowest BCUT2D eigenvalue weighted by atomic mass is 9.44. The fraction of sp³-hybridized carbons (Fsp3) is 1.00. The molecular formula is C20H34O. The molecule has 4 saturated carbocycles. The number of hydrogen-bond acceptors (Lipinski definition) is 1. The second-order valence-electron chi connectivity index (χ2n) is 9.67. The van der Waals surface area contributed by atoms with Crippen LogP contribution in [-0.4, -0.2) is 11.2 Å². The lowest BCUT2D eigenvalue weighted by Gasteiger charge is -2.60. The van der Waals surface area contributed by atoms with Gasteiger partial charge in [0.2, 0.25) is 0 Å². The largest absolute Gasteiger partial charge is 0.393 e. The minimum Gasteiger partial charge on any atom is -0.393 e. The SMILES string of the molecule is C[C@@H]1CC[C@]2(C)C3CC[C@]4(C)C(O)CCC4C3CC[C@@H]2C1. The summed E-state index contributed by atoms with van der Waals surface area (Å²) >= 11 is 0. The van der Waals surface area contributed by atoms with Crippen LogP contribution in [0.25, 0.3) is 0 Å². The fourth-order valence-corrected chi connectivity index (χ4v) is 7.44. The number of aliphatic hydroxyl groups excluding tert-OH is 1. The normalized spacial score (nSPS) is 60.0. The van der Waals surface area contributed by atoms with Crippen molar-refractivity contribution < 1.29 is 5.11 Å². The van der Waals surface area contributed by atoms with E-state index in [0.29, 0.717) is 5.41 Å². The van der Waals surface area contributed by atoms with Gasteiger partial charge in [-0.25, -0.2) is 0 Å². The van der Waals surface area contributed by atoms with Gasteiger partial charge in [0.1, 0.15) is 0 Å². The lowest BCUT2D eigenvalue weighted by molar-refractivity contribution is -0.125. The fourth-order valence-electron chi connectivity index (χ4n) is 7.44. The summed E-state index contributed by atoms with van der Waals surface area (Å²) < 4.78 is 0. The van der Waals surface area contributed by atoms with Gasteiger partial charge in [0, 0.05) is 0 Å². The van der Waals surface area contributed by atoms with Crippen LogP contribution >= 0.6 is 0 Å². The molecule has 0 aromatic heterocycles. The zero-order valence-corrected chi connectivity index (χ0v) is 14.3. The van der Waals surface area contributed by atoms with E-state index in [-0.39, 0.29) is 11.5 Å². The van der Waals surface area contributed by atoms with Crippen LogP contribution in [0.1, 0.15) is 78.6 Å². The molecule has 0 aliphatic heterocycles. The maximum atomic E-state index is 10.5. The molecule has 0 saturated heterocycles. The molecule has 1 N–H and O–H groups in total. The Hall–Kier alpha value is -0.0400. The van der Waals surface area contributed by atoms with E-state index < -0.39 is 0 Å². The summed E-state index contributed by atoms with van der Waals surface area (Å²) in [5.74, 6) is 4.67. The molecular weight excluding hydrogens is 256 g/mol. The third kappa shape index (κ3) is 1.92. The Morgan fingerprint density at radius 2 is 1.52 bits per heavy atom. The maximum Gasteiger partial charge on any atom is 0.0596 e. The zero-order valence-electron chi connectivity index (χ0n) is 14.3. The van der Waals surface area contributed by atoms with Crippen molar-refractivity contribution in [3.8, 4) is 0 Å². The molecule has 0 radical (unpaired) electrons. The van der Waals surface area contributed by atoms with E-state index in [2.05, 4.69) is 20.8 Å². The van der Waals surface area contributed by atoms with E-state index in [1.807, 2.05) is 0 Å². The summed E-state index contributed by atoms with van der Waals surface area (Å²) in [5.41, 5.74) is 0.886. The van der Waals surface area contributed by atoms with Crippen molar-refractivity contribution in [3.05, 3.63) is 0 Å². The highest BCUT2D eigenvalue weighted by molar-refractivity contribution is 5.09. The Bertz CT molecular complexity index is 418. The third-order valence-electron chi connectivity index (χ3n) is 8.88. The predicted octanol–water partition coefficient (Wildman–Crippen LogP) is 5.03. The maximum absolute atomic E-state index is 10.5. The molecule has 4 aliphatic carbocycles. The van der Waals surface area contributed by atoms with Gasteiger partial charge in [-0.2, -0.15) is 0 Å². The lowest BCUT2D eigenvalue weighted by Crippen LogP contribution is -2.53. The van der Waals surface area contributed by atoms with Gasteiger partial charge in [-0.3, -0.25) is 0 Å². The van der Waals surface area contributed by atoms with Crippen LogP contribution in [0.15, 0.2) is 0 Å². The topological polar surface area (TPSA) is 20.2 Å². The minimum absolute atomic E-state index is 0.0136. The number of hydrogen-bond donors (Lipinski definition) is 1. The molecule has 21 heavy (non-hydrogen) atoms. The van der Waals surface area contributed by atoms with Gasteiger partial charge in [0.05, 0.1) is 6.10 Å². The van der Waals surface area contributed by atoms with Crippen molar-refractivity contribution >= 4 is 0 Å². The van der Waals surface area contributed by atoms with Crippen LogP contribution < -0.4 is 0 Å². The molecule has 4 unspecified atom stereocenters. The zero-order chi connectivity index (χ0) is 14.8. The van der Waals surface area contributed by atoms with E-state index in [0.717, 1.165) is 36.0 Å². The number of rotatable bonds is 0. The molecule has 0 amide bonds. The van der Waals surface area contributed by atoms with Crippen LogP contribution in [-0.2, 0) is 0 Å². The van der Waals surface area contributed by atoms with Gasteiger partial charge in [-0.1, -0.05) is 27.2 Å². The standard InChI is InChI=1S/C20H34O/c1-13-8-10-19(2)14(12-13)4-5-15-16-6-7-18(21)20(16,3)11-9-17(15)19/h13-18,21H,4-12H2,1-3H3/t13-,14-,15?,16?,17?,18?,19+,20+/m1/s1. The van der Waals surface area contributed by atoms with Gasteiger partial charge in [-0.15, -0.1) is 0 Å². The van der Waals surface area contributed by atoms with E-state index >= 15 is 0 Å². The van der Waals surface area contributed by atoms with Crippen molar-refractivity contribution in [1.29, 1.82) is 0 Å². The summed E-state index contributed by atoms with van der Waals surface area (Å²) in [7, 11) is 0. The highest BCUT2D eigenvalue weighted by Gasteiger charge is 2.59. The van der Waals surface area contributed by atoms with E-state index in [1.165, 1.54) is 51.4 Å². The Kier molecular flexibility index (Phi) is 3.27. The molecule has 0 aromatic carbocycles. The van der Waals surface area contributed by atoms with Crippen LogP contribution in [0, 0.1) is 40.4 Å². The summed E-state index contributed by atoms with van der Waals surface area (Å²) in [6.07, 6.45) is 12.4. The average Bonchev–Trinajstić information content (AvgIpc) is 2.76. The molecule has 1 heteroatoms. The molecule has 0 heterocycles. The molecule has 4 fully saturated rings. The molecule has 120 valence electrons. The highest BCUT2D eigenvalue weighted by atomic mass is 16.3. The minimum atomic E-state index is -0.0136. The highest BCUT2D eigenvalue weighted by Crippen LogP contribution is 2.66. The Morgan fingerprint density at radius 3 is 2.33 bits per heavy atom. The van der Waals surface area contributed by atoms with Gasteiger partial charge in [0.15, 0.2) is 0 Å². The molecule has 0 bridgehead atoms. The summed E-state index contributed by atoms with van der Waals surface area (Å²) in [6.45, 7) is 7.52. The van der Waals surface area contributed by atoms with E-state index in [4.69, 9.17) is 0 Å². The van der Waals surface area contributed by atoms with Gasteiger partial charge in [0.25, 0.3) is 0 Å². The Labute approximate surface area is 130 Å². The molecule has 0 aromatic rings. The molecule has 4 aliphatic rings. The average molecular weight is 290 g/mol. The first-order chi connectivity index (χ1) is 9.95. The summed E-state index contributed by atoms with van der Waals surface area (Å²) in [6, 6.07) is 0. The van der Waals surface area contributed by atoms with Crippen LogP contribution in [0.2, 0.25) is 0 Å². The third-order valence-corrected chi connectivity index (χ3v) is 8.88. The Balaban J connectivity index is 1.62. The Morgan fingerprint density at radius 1 is 0.810 bits per heavy atom. The first-order valence-electron chi connectivity index (χ1n) is 9.63. The van der Waals surface area contributed by atoms with Gasteiger partial charge in [-0.05, 0) is 91.8 Å². The van der Waals surface area contributed by atoms with Crippen molar-refractivity contribution in [3.63, 3.8) is 0 Å². The van der Waals surface area contributed by atoms with Crippen molar-refractivity contribution in [1.82, 2.24) is 0 Å². The summed E-state index contributed by atoms with van der Waals surface area (Å²) in [5, 5.41) is 10.5. The van der Waals surface area contributed by atoms with Gasteiger partial charge >= 0.3 is 0 Å². The number of fused-ring (bicyclic) bond motifs is 5. The van der Waals surface area contributed by atoms with Crippen molar-refractivity contribution in [2.24, 2.45) is 40.4 Å².